The van der Waals surface area contributed by atoms with E-state index in [1.165, 1.54) is 6.33 Å². The highest BCUT2D eigenvalue weighted by Gasteiger charge is 2.14. The molecule has 4 rings (SSSR count). The zero-order chi connectivity index (χ0) is 12.8. The molecule has 7 heteroatoms. The van der Waals surface area contributed by atoms with Gasteiger partial charge in [0.25, 0.3) is 0 Å². The molecule has 0 bridgehead atoms. The topological polar surface area (TPSA) is 109 Å². The van der Waals surface area contributed by atoms with Crippen LogP contribution in [0, 0.1) is 0 Å². The highest BCUT2D eigenvalue weighted by atomic mass is 15.2. The Hall–Kier alpha value is -2.96. The lowest BCUT2D eigenvalue weighted by Crippen LogP contribution is -1.92. The molecule has 0 radical (unpaired) electrons. The first-order chi connectivity index (χ1) is 9.33. The molecule has 7 nitrogen and oxygen atoms in total. The highest BCUT2D eigenvalue weighted by molar-refractivity contribution is 5.98. The molecule has 0 saturated carbocycles. The van der Waals surface area contributed by atoms with Crippen LogP contribution in [0.1, 0.15) is 0 Å². The lowest BCUT2D eigenvalue weighted by Gasteiger charge is -1.95. The van der Waals surface area contributed by atoms with E-state index in [1.54, 1.807) is 6.20 Å². The Morgan fingerprint density at radius 2 is 2.05 bits per heavy atom. The molecule has 0 aliphatic carbocycles. The molecule has 0 aliphatic rings. The number of H-pyrrole nitrogens is 2. The first-order valence-corrected chi connectivity index (χ1v) is 5.71. The molecule has 0 amide bonds. The summed E-state index contributed by atoms with van der Waals surface area (Å²) < 4.78 is 0. The lowest BCUT2D eigenvalue weighted by molar-refractivity contribution is 1.09. The summed E-state index contributed by atoms with van der Waals surface area (Å²) >= 11 is 0. The molecule has 0 aromatic carbocycles. The summed E-state index contributed by atoms with van der Waals surface area (Å²) in [4.78, 5) is 15.6. The molecule has 4 aromatic heterocycles. The Morgan fingerprint density at radius 1 is 1.11 bits per heavy atom. The van der Waals surface area contributed by atoms with Crippen LogP contribution in [0.25, 0.3) is 33.5 Å². The summed E-state index contributed by atoms with van der Waals surface area (Å²) in [6.45, 7) is 0. The molecule has 0 aliphatic heterocycles. The van der Waals surface area contributed by atoms with Gasteiger partial charge in [-0.2, -0.15) is 5.10 Å². The number of nitrogen functional groups attached to an aromatic ring is 1. The lowest BCUT2D eigenvalue weighted by atomic mass is 10.2. The fourth-order valence-corrected chi connectivity index (χ4v) is 2.16. The molecule has 4 N–H and O–H groups in total. The van der Waals surface area contributed by atoms with Crippen LogP contribution in [0.2, 0.25) is 0 Å². The minimum Gasteiger partial charge on any atom is -0.383 e. The van der Waals surface area contributed by atoms with Gasteiger partial charge in [-0.1, -0.05) is 0 Å². The first kappa shape index (κ1) is 10.0. The molecule has 0 atom stereocenters. The van der Waals surface area contributed by atoms with Crippen molar-refractivity contribution in [3.63, 3.8) is 0 Å². The second-order valence-corrected chi connectivity index (χ2v) is 4.18. The fraction of sp³-hybridized carbons (Fsp3) is 0. The van der Waals surface area contributed by atoms with Crippen LogP contribution in [0.3, 0.4) is 0 Å². The number of nitrogens with zero attached hydrogens (tertiary/aromatic N) is 4. The third-order valence-corrected chi connectivity index (χ3v) is 3.03. The zero-order valence-electron chi connectivity index (χ0n) is 9.75. The molecular formula is C12H9N7. The Balaban J connectivity index is 2.04. The third kappa shape index (κ3) is 1.38. The predicted octanol–water partition coefficient (Wildman–Crippen LogP) is 1.48. The minimum absolute atomic E-state index is 0.403. The van der Waals surface area contributed by atoms with Crippen LogP contribution >= 0.6 is 0 Å². The van der Waals surface area contributed by atoms with Crippen molar-refractivity contribution in [2.24, 2.45) is 0 Å². The molecule has 0 fully saturated rings. The van der Waals surface area contributed by atoms with Gasteiger partial charge >= 0.3 is 0 Å². The van der Waals surface area contributed by atoms with Crippen molar-refractivity contribution in [1.29, 1.82) is 0 Å². The molecule has 19 heavy (non-hydrogen) atoms. The van der Waals surface area contributed by atoms with Gasteiger partial charge in [0.1, 0.15) is 23.5 Å². The number of hydrogen-bond acceptors (Lipinski definition) is 5. The number of anilines is 1. The molecule has 0 unspecified atom stereocenters. The minimum atomic E-state index is 0.403. The van der Waals surface area contributed by atoms with Gasteiger partial charge in [0.05, 0.1) is 11.1 Å². The van der Waals surface area contributed by atoms with E-state index in [4.69, 9.17) is 5.73 Å². The Morgan fingerprint density at radius 3 is 2.95 bits per heavy atom. The SMILES string of the molecule is Nc1ncnc2[nH]nc(-c3cc4cccnc4[nH]3)c12. The van der Waals surface area contributed by atoms with E-state index in [0.717, 1.165) is 16.7 Å². The van der Waals surface area contributed by atoms with E-state index in [0.29, 0.717) is 22.5 Å². The maximum absolute atomic E-state index is 5.89. The number of nitrogens with two attached hydrogens (primary N) is 1. The first-order valence-electron chi connectivity index (χ1n) is 5.71. The quantitative estimate of drug-likeness (QED) is 0.474. The Bertz CT molecular complexity index is 856. The van der Waals surface area contributed by atoms with Crippen molar-refractivity contribution < 1.29 is 0 Å². The van der Waals surface area contributed by atoms with Crippen LogP contribution < -0.4 is 5.73 Å². The average Bonchev–Trinajstić information content (AvgIpc) is 3.02. The van der Waals surface area contributed by atoms with Crippen LogP contribution in [-0.4, -0.2) is 30.1 Å². The van der Waals surface area contributed by atoms with E-state index in [-0.39, 0.29) is 0 Å². The second kappa shape index (κ2) is 3.52. The summed E-state index contributed by atoms with van der Waals surface area (Å²) in [6, 6.07) is 5.85. The molecule has 4 heterocycles. The molecule has 92 valence electrons. The monoisotopic (exact) mass is 251 g/mol. The van der Waals surface area contributed by atoms with Gasteiger partial charge in [0, 0.05) is 11.6 Å². The Kier molecular flexibility index (Phi) is 1.85. The van der Waals surface area contributed by atoms with E-state index in [9.17, 15) is 0 Å². The van der Waals surface area contributed by atoms with E-state index >= 15 is 0 Å². The standard InChI is InChI=1S/C12H9N7/c13-10-8-9(18-19-12(8)16-5-15-10)7-4-6-2-1-3-14-11(6)17-7/h1-5H,(H,14,17)(H3,13,15,16,18,19). The average molecular weight is 251 g/mol. The molecule has 4 aromatic rings. The van der Waals surface area contributed by atoms with Crippen molar-refractivity contribution in [2.45, 2.75) is 0 Å². The van der Waals surface area contributed by atoms with Crippen LogP contribution in [0.15, 0.2) is 30.7 Å². The Labute approximate surface area is 106 Å². The normalized spacial score (nSPS) is 11.4. The van der Waals surface area contributed by atoms with Crippen molar-refractivity contribution in [1.82, 2.24) is 30.1 Å². The van der Waals surface area contributed by atoms with Crippen LogP contribution in [-0.2, 0) is 0 Å². The number of aromatic amines is 2. The predicted molar refractivity (Wildman–Crippen MR) is 71.2 cm³/mol. The summed E-state index contributed by atoms with van der Waals surface area (Å²) in [5, 5.41) is 8.84. The smallest absolute Gasteiger partial charge is 0.161 e. The van der Waals surface area contributed by atoms with Crippen molar-refractivity contribution in [3.8, 4) is 11.4 Å². The summed E-state index contributed by atoms with van der Waals surface area (Å²) in [7, 11) is 0. The second-order valence-electron chi connectivity index (χ2n) is 4.18. The molecule has 0 spiro atoms. The van der Waals surface area contributed by atoms with Crippen LogP contribution in [0.5, 0.6) is 0 Å². The number of nitrogens with one attached hydrogen (secondary N) is 2. The summed E-state index contributed by atoms with van der Waals surface area (Å²) in [6.07, 6.45) is 3.15. The van der Waals surface area contributed by atoms with Gasteiger partial charge in [0.2, 0.25) is 0 Å². The van der Waals surface area contributed by atoms with Crippen LogP contribution in [0.4, 0.5) is 5.82 Å². The third-order valence-electron chi connectivity index (χ3n) is 3.03. The largest absolute Gasteiger partial charge is 0.383 e. The van der Waals surface area contributed by atoms with Gasteiger partial charge in [-0.25, -0.2) is 15.0 Å². The van der Waals surface area contributed by atoms with Gasteiger partial charge < -0.3 is 10.7 Å². The number of hydrogen-bond donors (Lipinski definition) is 3. The van der Waals surface area contributed by atoms with Gasteiger partial charge in [-0.3, -0.25) is 5.10 Å². The van der Waals surface area contributed by atoms with Crippen molar-refractivity contribution in [3.05, 3.63) is 30.7 Å². The maximum Gasteiger partial charge on any atom is 0.161 e. The van der Waals surface area contributed by atoms with Gasteiger partial charge in [0.15, 0.2) is 5.65 Å². The summed E-state index contributed by atoms with van der Waals surface area (Å²) in [5.41, 5.74) is 8.86. The number of pyridine rings is 1. The van der Waals surface area contributed by atoms with Gasteiger partial charge in [-0.05, 0) is 18.2 Å². The number of fused-ring (bicyclic) bond motifs is 2. The number of rotatable bonds is 1. The fourth-order valence-electron chi connectivity index (χ4n) is 2.16. The maximum atomic E-state index is 5.89. The van der Waals surface area contributed by atoms with Gasteiger partial charge in [-0.15, -0.1) is 0 Å². The van der Waals surface area contributed by atoms with E-state index in [1.807, 2.05) is 18.2 Å². The zero-order valence-corrected chi connectivity index (χ0v) is 9.75. The van der Waals surface area contributed by atoms with E-state index in [2.05, 4.69) is 30.1 Å². The number of aromatic nitrogens is 6. The van der Waals surface area contributed by atoms with E-state index < -0.39 is 0 Å². The molecular weight excluding hydrogens is 242 g/mol. The van der Waals surface area contributed by atoms with Crippen molar-refractivity contribution >= 4 is 27.9 Å². The highest BCUT2D eigenvalue weighted by Crippen LogP contribution is 2.29. The van der Waals surface area contributed by atoms with Crippen molar-refractivity contribution in [2.75, 3.05) is 5.73 Å². The molecule has 0 saturated heterocycles. The summed E-state index contributed by atoms with van der Waals surface area (Å²) in [5.74, 6) is 0.403.